The van der Waals surface area contributed by atoms with Crippen LogP contribution in [0.5, 0.6) is 0 Å². The quantitative estimate of drug-likeness (QED) is 0.742. The highest BCUT2D eigenvalue weighted by Crippen LogP contribution is 2.31. The number of aromatic nitrogens is 1. The number of hydrogen-bond donors (Lipinski definition) is 1. The van der Waals surface area contributed by atoms with Crippen molar-refractivity contribution >= 4 is 5.91 Å². The number of nitrogens with one attached hydrogen (secondary N) is 1. The number of benzene rings is 2. The van der Waals surface area contributed by atoms with Gasteiger partial charge in [0.2, 0.25) is 5.91 Å². The summed E-state index contributed by atoms with van der Waals surface area (Å²) in [6.45, 7) is 2.30. The van der Waals surface area contributed by atoms with Crippen molar-refractivity contribution in [1.29, 1.82) is 0 Å². The fraction of sp³-hybridized carbons (Fsp3) is 0.250. The Labute approximate surface area is 166 Å². The molecule has 1 N–H and O–H groups in total. The van der Waals surface area contributed by atoms with Gasteiger partial charge in [-0.25, -0.2) is 0 Å². The SMILES string of the molecule is O=C(CC(c1ccccc1)c1ccccc1)N1CCNCC1c1cccnc1. The Morgan fingerprint density at radius 1 is 1.00 bits per heavy atom. The van der Waals surface area contributed by atoms with Crippen molar-refractivity contribution in [3.05, 3.63) is 102 Å². The average molecular weight is 371 g/mol. The lowest BCUT2D eigenvalue weighted by Crippen LogP contribution is -2.49. The van der Waals surface area contributed by atoms with Gasteiger partial charge < -0.3 is 10.2 Å². The first-order valence-electron chi connectivity index (χ1n) is 9.83. The maximum atomic E-state index is 13.4. The molecular weight excluding hydrogens is 346 g/mol. The molecule has 1 aliphatic heterocycles. The molecule has 2 aromatic carbocycles. The molecule has 0 bridgehead atoms. The number of amides is 1. The molecule has 4 nitrogen and oxygen atoms in total. The third-order valence-corrected chi connectivity index (χ3v) is 5.42. The van der Waals surface area contributed by atoms with Crippen molar-refractivity contribution in [2.75, 3.05) is 19.6 Å². The highest BCUT2D eigenvalue weighted by molar-refractivity contribution is 5.78. The van der Waals surface area contributed by atoms with Gasteiger partial charge in [-0.1, -0.05) is 66.7 Å². The molecule has 142 valence electrons. The molecule has 4 rings (SSSR count). The van der Waals surface area contributed by atoms with E-state index in [1.165, 1.54) is 11.1 Å². The van der Waals surface area contributed by atoms with Crippen LogP contribution in [0.15, 0.2) is 85.2 Å². The minimum Gasteiger partial charge on any atom is -0.333 e. The normalized spacial score (nSPS) is 16.9. The molecule has 1 fully saturated rings. The Kier molecular flexibility index (Phi) is 5.78. The van der Waals surface area contributed by atoms with Gasteiger partial charge in [0.1, 0.15) is 0 Å². The van der Waals surface area contributed by atoms with E-state index in [1.54, 1.807) is 6.20 Å². The molecule has 3 aromatic rings. The molecule has 1 unspecified atom stereocenters. The average Bonchev–Trinajstić information content (AvgIpc) is 2.79. The number of rotatable bonds is 5. The minimum absolute atomic E-state index is 0.0298. The predicted molar refractivity (Wildman–Crippen MR) is 111 cm³/mol. The fourth-order valence-corrected chi connectivity index (χ4v) is 3.96. The monoisotopic (exact) mass is 371 g/mol. The van der Waals surface area contributed by atoms with E-state index in [4.69, 9.17) is 0 Å². The van der Waals surface area contributed by atoms with Gasteiger partial charge in [-0.3, -0.25) is 9.78 Å². The number of carbonyl (C=O) groups excluding carboxylic acids is 1. The number of carbonyl (C=O) groups is 1. The summed E-state index contributed by atoms with van der Waals surface area (Å²) in [5.74, 6) is 0.243. The smallest absolute Gasteiger partial charge is 0.224 e. The van der Waals surface area contributed by atoms with E-state index in [9.17, 15) is 4.79 Å². The molecule has 1 aliphatic rings. The highest BCUT2D eigenvalue weighted by Gasteiger charge is 2.30. The summed E-state index contributed by atoms with van der Waals surface area (Å²) < 4.78 is 0. The Balaban J connectivity index is 1.60. The molecular formula is C24H25N3O. The van der Waals surface area contributed by atoms with Crippen LogP contribution in [0, 0.1) is 0 Å². The van der Waals surface area contributed by atoms with Gasteiger partial charge in [-0.15, -0.1) is 0 Å². The van der Waals surface area contributed by atoms with Gasteiger partial charge in [0.05, 0.1) is 6.04 Å². The zero-order valence-corrected chi connectivity index (χ0v) is 15.9. The first kappa shape index (κ1) is 18.4. The van der Waals surface area contributed by atoms with Gasteiger partial charge >= 0.3 is 0 Å². The van der Waals surface area contributed by atoms with Gasteiger partial charge in [0.25, 0.3) is 0 Å². The summed E-state index contributed by atoms with van der Waals surface area (Å²) in [5.41, 5.74) is 3.43. The van der Waals surface area contributed by atoms with Gasteiger partial charge in [0.15, 0.2) is 0 Å². The van der Waals surface area contributed by atoms with Crippen LogP contribution in [0.2, 0.25) is 0 Å². The van der Waals surface area contributed by atoms with Crippen molar-refractivity contribution in [3.63, 3.8) is 0 Å². The summed E-state index contributed by atoms with van der Waals surface area (Å²) >= 11 is 0. The summed E-state index contributed by atoms with van der Waals surface area (Å²) in [6.07, 6.45) is 4.10. The van der Waals surface area contributed by atoms with Gasteiger partial charge in [0, 0.05) is 44.4 Å². The van der Waals surface area contributed by atoms with E-state index in [0.29, 0.717) is 13.0 Å². The topological polar surface area (TPSA) is 45.2 Å². The lowest BCUT2D eigenvalue weighted by atomic mass is 9.87. The van der Waals surface area contributed by atoms with Crippen LogP contribution in [-0.2, 0) is 4.79 Å². The van der Waals surface area contributed by atoms with Crippen LogP contribution in [0.25, 0.3) is 0 Å². The van der Waals surface area contributed by atoms with E-state index in [1.807, 2.05) is 53.6 Å². The first-order valence-corrected chi connectivity index (χ1v) is 9.83. The molecule has 1 saturated heterocycles. The standard InChI is InChI=1S/C24H25N3O/c28-24(27-15-14-26-18-23(27)21-12-7-13-25-17-21)16-22(19-8-3-1-4-9-19)20-10-5-2-6-11-20/h1-13,17,22-23,26H,14-16,18H2. The number of pyridine rings is 1. The van der Waals surface area contributed by atoms with Crippen molar-refractivity contribution in [2.24, 2.45) is 0 Å². The molecule has 0 saturated carbocycles. The third kappa shape index (κ3) is 4.12. The predicted octanol–water partition coefficient (Wildman–Crippen LogP) is 3.78. The highest BCUT2D eigenvalue weighted by atomic mass is 16.2. The molecule has 28 heavy (non-hydrogen) atoms. The zero-order chi connectivity index (χ0) is 19.2. The largest absolute Gasteiger partial charge is 0.333 e. The second kappa shape index (κ2) is 8.81. The van der Waals surface area contributed by atoms with Crippen LogP contribution < -0.4 is 5.32 Å². The third-order valence-electron chi connectivity index (χ3n) is 5.42. The Morgan fingerprint density at radius 2 is 1.68 bits per heavy atom. The van der Waals surface area contributed by atoms with Crippen LogP contribution >= 0.6 is 0 Å². The number of nitrogens with zero attached hydrogens (tertiary/aromatic N) is 2. The van der Waals surface area contributed by atoms with Crippen molar-refractivity contribution < 1.29 is 4.79 Å². The van der Waals surface area contributed by atoms with Gasteiger partial charge in [-0.05, 0) is 22.8 Å². The number of hydrogen-bond acceptors (Lipinski definition) is 3. The Bertz CT molecular complexity index is 844. The molecule has 0 radical (unpaired) electrons. The minimum atomic E-state index is 0.0298. The van der Waals surface area contributed by atoms with Crippen molar-refractivity contribution in [2.45, 2.75) is 18.4 Å². The van der Waals surface area contributed by atoms with E-state index in [2.05, 4.69) is 40.6 Å². The summed E-state index contributed by atoms with van der Waals surface area (Å²) in [4.78, 5) is 19.7. The molecule has 0 aliphatic carbocycles. The molecule has 1 amide bonds. The fourth-order valence-electron chi connectivity index (χ4n) is 3.96. The van der Waals surface area contributed by atoms with E-state index in [0.717, 1.165) is 18.7 Å². The molecule has 0 spiro atoms. The second-order valence-electron chi connectivity index (χ2n) is 7.17. The zero-order valence-electron chi connectivity index (χ0n) is 15.9. The van der Waals surface area contributed by atoms with Crippen LogP contribution in [0.3, 0.4) is 0 Å². The van der Waals surface area contributed by atoms with Gasteiger partial charge in [-0.2, -0.15) is 0 Å². The lowest BCUT2D eigenvalue weighted by molar-refractivity contribution is -0.134. The van der Waals surface area contributed by atoms with E-state index in [-0.39, 0.29) is 17.9 Å². The molecule has 2 heterocycles. The number of piperazine rings is 1. The Morgan fingerprint density at radius 3 is 2.29 bits per heavy atom. The maximum Gasteiger partial charge on any atom is 0.224 e. The maximum absolute atomic E-state index is 13.4. The Hall–Kier alpha value is -2.98. The van der Waals surface area contributed by atoms with E-state index < -0.39 is 0 Å². The van der Waals surface area contributed by atoms with E-state index >= 15 is 0 Å². The first-order chi connectivity index (χ1) is 13.8. The summed E-state index contributed by atoms with van der Waals surface area (Å²) in [7, 11) is 0. The summed E-state index contributed by atoms with van der Waals surface area (Å²) in [6, 6.07) is 24.7. The summed E-state index contributed by atoms with van der Waals surface area (Å²) in [5, 5.41) is 3.41. The van der Waals surface area contributed by atoms with Crippen LogP contribution in [-0.4, -0.2) is 35.4 Å². The van der Waals surface area contributed by atoms with Crippen LogP contribution in [0.1, 0.15) is 35.1 Å². The molecule has 1 atom stereocenters. The lowest BCUT2D eigenvalue weighted by Gasteiger charge is -2.37. The molecule has 4 heteroatoms. The second-order valence-corrected chi connectivity index (χ2v) is 7.17. The van der Waals surface area contributed by atoms with Crippen molar-refractivity contribution in [1.82, 2.24) is 15.2 Å². The molecule has 1 aromatic heterocycles. The van der Waals surface area contributed by atoms with Crippen molar-refractivity contribution in [3.8, 4) is 0 Å². The van der Waals surface area contributed by atoms with Crippen LogP contribution in [0.4, 0.5) is 0 Å².